The summed E-state index contributed by atoms with van der Waals surface area (Å²) in [7, 11) is 0. The highest BCUT2D eigenvalue weighted by Crippen LogP contribution is 2.16. The van der Waals surface area contributed by atoms with Crippen molar-refractivity contribution in [2.24, 2.45) is 0 Å². The maximum Gasteiger partial charge on any atom is 0.338 e. The van der Waals surface area contributed by atoms with Crippen LogP contribution in [0.5, 0.6) is 0 Å². The first-order valence-corrected chi connectivity index (χ1v) is 11.7. The molecular formula is C29H34N2O3. The predicted octanol–water partition coefficient (Wildman–Crippen LogP) is 6.01. The lowest BCUT2D eigenvalue weighted by molar-refractivity contribution is 0.0472. The highest BCUT2D eigenvalue weighted by molar-refractivity contribution is 5.89. The van der Waals surface area contributed by atoms with E-state index in [9.17, 15) is 9.59 Å². The molecule has 0 bridgehead atoms. The molecule has 0 spiro atoms. The van der Waals surface area contributed by atoms with Crippen LogP contribution in [-0.4, -0.2) is 23.4 Å². The third-order valence-corrected chi connectivity index (χ3v) is 5.49. The van der Waals surface area contributed by atoms with Gasteiger partial charge in [-0.2, -0.15) is 0 Å². The molecule has 0 aliphatic carbocycles. The van der Waals surface area contributed by atoms with Gasteiger partial charge in [-0.15, -0.1) is 0 Å². The molecule has 178 valence electrons. The molecule has 3 aromatic carbocycles. The average molecular weight is 459 g/mol. The summed E-state index contributed by atoms with van der Waals surface area (Å²) in [5.74, 6) is -0.327. The lowest BCUT2D eigenvalue weighted by Crippen LogP contribution is -2.39. The number of carbonyl (C=O) groups excluding carboxylic acids is 2. The molecule has 0 saturated carbocycles. The summed E-state index contributed by atoms with van der Waals surface area (Å²) in [6.07, 6.45) is 0. The van der Waals surface area contributed by atoms with Gasteiger partial charge in [-0.05, 0) is 63.4 Å². The summed E-state index contributed by atoms with van der Waals surface area (Å²) >= 11 is 0. The van der Waals surface area contributed by atoms with Gasteiger partial charge in [-0.1, -0.05) is 70.8 Å². The first-order chi connectivity index (χ1) is 16.2. The van der Waals surface area contributed by atoms with Gasteiger partial charge in [0.2, 0.25) is 0 Å². The molecule has 2 amide bonds. The fourth-order valence-electron chi connectivity index (χ4n) is 4.13. The van der Waals surface area contributed by atoms with Crippen LogP contribution in [0.4, 0.5) is 4.79 Å². The number of nitrogens with zero attached hydrogens (tertiary/aromatic N) is 1. The lowest BCUT2D eigenvalue weighted by atomic mass is 10.1. The lowest BCUT2D eigenvalue weighted by Gasteiger charge is -2.24. The van der Waals surface area contributed by atoms with Crippen LogP contribution >= 0.6 is 0 Å². The second-order valence-electron chi connectivity index (χ2n) is 8.96. The van der Waals surface area contributed by atoms with Gasteiger partial charge in [0.25, 0.3) is 0 Å². The topological polar surface area (TPSA) is 58.6 Å². The second kappa shape index (κ2) is 11.5. The second-order valence-corrected chi connectivity index (χ2v) is 8.96. The van der Waals surface area contributed by atoms with Crippen molar-refractivity contribution in [1.29, 1.82) is 0 Å². The summed E-state index contributed by atoms with van der Waals surface area (Å²) in [6.45, 7) is 11.8. The van der Waals surface area contributed by atoms with Gasteiger partial charge in [0.1, 0.15) is 6.61 Å². The number of urea groups is 1. The number of rotatable bonds is 8. The van der Waals surface area contributed by atoms with Gasteiger partial charge < -0.3 is 15.0 Å². The number of esters is 1. The molecule has 0 saturated heterocycles. The molecule has 5 heteroatoms. The van der Waals surface area contributed by atoms with Crippen LogP contribution in [0, 0.1) is 27.7 Å². The minimum atomic E-state index is -0.327. The minimum Gasteiger partial charge on any atom is -0.457 e. The van der Waals surface area contributed by atoms with Crippen LogP contribution in [0.1, 0.15) is 56.2 Å². The highest BCUT2D eigenvalue weighted by atomic mass is 16.5. The maximum atomic E-state index is 12.7. The Bertz CT molecular complexity index is 1110. The molecule has 34 heavy (non-hydrogen) atoms. The number of carbonyl (C=O) groups is 2. The van der Waals surface area contributed by atoms with Crippen LogP contribution in [0.25, 0.3) is 0 Å². The summed E-state index contributed by atoms with van der Waals surface area (Å²) in [5.41, 5.74) is 8.04. The van der Waals surface area contributed by atoms with Gasteiger partial charge in [-0.3, -0.25) is 0 Å². The van der Waals surface area contributed by atoms with Crippen molar-refractivity contribution >= 4 is 12.0 Å². The third kappa shape index (κ3) is 7.20. The Morgan fingerprint density at radius 2 is 1.24 bits per heavy atom. The molecular weight excluding hydrogens is 424 g/mol. The normalized spacial score (nSPS) is 10.6. The number of nitrogens with one attached hydrogen (secondary N) is 1. The van der Waals surface area contributed by atoms with Crippen molar-refractivity contribution in [3.05, 3.63) is 105 Å². The monoisotopic (exact) mass is 458 g/mol. The zero-order valence-electron chi connectivity index (χ0n) is 20.8. The molecule has 0 aliphatic rings. The quantitative estimate of drug-likeness (QED) is 0.421. The van der Waals surface area contributed by atoms with Crippen molar-refractivity contribution < 1.29 is 14.3 Å². The van der Waals surface area contributed by atoms with Gasteiger partial charge in [-0.25, -0.2) is 9.59 Å². The van der Waals surface area contributed by atoms with E-state index in [0.717, 1.165) is 27.8 Å². The number of hydrogen-bond donors (Lipinski definition) is 1. The fraction of sp³-hybridized carbons (Fsp3) is 0.310. The van der Waals surface area contributed by atoms with Crippen molar-refractivity contribution in [2.45, 2.75) is 54.3 Å². The first kappa shape index (κ1) is 25.0. The molecule has 0 aromatic heterocycles. The van der Waals surface area contributed by atoms with Gasteiger partial charge in [0, 0.05) is 19.6 Å². The van der Waals surface area contributed by atoms with E-state index in [1.54, 1.807) is 0 Å². The molecule has 3 aromatic rings. The van der Waals surface area contributed by atoms with E-state index in [1.165, 1.54) is 11.1 Å². The number of hydrogen-bond acceptors (Lipinski definition) is 3. The van der Waals surface area contributed by atoms with Crippen molar-refractivity contribution in [2.75, 3.05) is 6.54 Å². The maximum absolute atomic E-state index is 12.7. The van der Waals surface area contributed by atoms with Crippen LogP contribution in [0.2, 0.25) is 0 Å². The Morgan fingerprint density at radius 1 is 0.735 bits per heavy atom. The van der Waals surface area contributed by atoms with E-state index in [-0.39, 0.29) is 18.6 Å². The number of benzene rings is 3. The molecule has 1 N–H and O–H groups in total. The number of aryl methyl sites for hydroxylation is 4. The van der Waals surface area contributed by atoms with Crippen molar-refractivity contribution in [3.63, 3.8) is 0 Å². The smallest absolute Gasteiger partial charge is 0.338 e. The van der Waals surface area contributed by atoms with E-state index in [2.05, 4.69) is 37.4 Å². The average Bonchev–Trinajstić information content (AvgIpc) is 2.76. The molecule has 0 heterocycles. The zero-order valence-corrected chi connectivity index (χ0v) is 20.8. The van der Waals surface area contributed by atoms with E-state index >= 15 is 0 Å². The molecule has 5 nitrogen and oxygen atoms in total. The number of ether oxygens (including phenoxy) is 1. The molecule has 0 radical (unpaired) electrons. The van der Waals surface area contributed by atoms with Crippen molar-refractivity contribution in [1.82, 2.24) is 10.2 Å². The highest BCUT2D eigenvalue weighted by Gasteiger charge is 2.15. The Morgan fingerprint density at radius 3 is 1.79 bits per heavy atom. The standard InChI is InChI=1S/C29H34N2O3/c1-6-30-29(33)31(18-26-13-20(2)11-21(3)14-26)17-24-7-9-25(10-8-24)19-34-28(32)27-15-22(4)12-23(5)16-27/h7-16H,6,17-19H2,1-5H3,(H,30,33). The van der Waals surface area contributed by atoms with Crippen molar-refractivity contribution in [3.8, 4) is 0 Å². The van der Waals surface area contributed by atoms with E-state index in [4.69, 9.17) is 4.74 Å². The van der Waals surface area contributed by atoms with E-state index in [1.807, 2.05) is 68.1 Å². The van der Waals surface area contributed by atoms with Gasteiger partial charge in [0.15, 0.2) is 0 Å². The molecule has 0 fully saturated rings. The Balaban J connectivity index is 1.65. The summed E-state index contributed by atoms with van der Waals surface area (Å²) in [6, 6.07) is 19.8. The Labute approximate surface area is 202 Å². The minimum absolute atomic E-state index is 0.0897. The first-order valence-electron chi connectivity index (χ1n) is 11.7. The van der Waals surface area contributed by atoms with E-state index in [0.29, 0.717) is 25.2 Å². The molecule has 0 aliphatic heterocycles. The SMILES string of the molecule is CCNC(=O)N(Cc1ccc(COC(=O)c2cc(C)cc(C)c2)cc1)Cc1cc(C)cc(C)c1. The Kier molecular flexibility index (Phi) is 8.47. The van der Waals surface area contributed by atoms with Gasteiger partial charge >= 0.3 is 12.0 Å². The molecule has 0 atom stereocenters. The summed E-state index contributed by atoms with van der Waals surface area (Å²) < 4.78 is 5.50. The number of amides is 2. The molecule has 0 unspecified atom stereocenters. The largest absolute Gasteiger partial charge is 0.457 e. The van der Waals surface area contributed by atoms with Crippen LogP contribution in [0.3, 0.4) is 0 Å². The summed E-state index contributed by atoms with van der Waals surface area (Å²) in [5, 5.41) is 2.91. The fourth-order valence-corrected chi connectivity index (χ4v) is 4.13. The van der Waals surface area contributed by atoms with Crippen LogP contribution in [0.15, 0.2) is 60.7 Å². The van der Waals surface area contributed by atoms with E-state index < -0.39 is 0 Å². The Hall–Kier alpha value is -3.60. The predicted molar refractivity (Wildman–Crippen MR) is 136 cm³/mol. The molecule has 3 rings (SSSR count). The third-order valence-electron chi connectivity index (χ3n) is 5.49. The zero-order chi connectivity index (χ0) is 24.7. The summed E-state index contributed by atoms with van der Waals surface area (Å²) in [4.78, 5) is 26.9. The van der Waals surface area contributed by atoms with Crippen LogP contribution < -0.4 is 5.32 Å². The van der Waals surface area contributed by atoms with Crippen LogP contribution in [-0.2, 0) is 24.4 Å². The van der Waals surface area contributed by atoms with Gasteiger partial charge in [0.05, 0.1) is 5.56 Å².